The smallest absolute Gasteiger partial charge is 0.548 e. The second-order valence-electron chi connectivity index (χ2n) is 15.5. The molecular formula is C43H39I2N4NaO6. The molecule has 4 atom stereocenters. The van der Waals surface area contributed by atoms with Gasteiger partial charge in [-0.3, -0.25) is 19.6 Å². The number of nitrogens with zero attached hydrogens (tertiary/aromatic N) is 4. The van der Waals surface area contributed by atoms with Gasteiger partial charge in [0.05, 0.1) is 46.6 Å². The average Bonchev–Trinajstić information content (AvgIpc) is 3.58. The standard InChI is InChI=1S/C28H25IN2O3.C15H15IN2O3.Na/c1-28(2)17-21-22(23(29)20-15-9-10-16-30-20)26(32)31(21)25(28)27(33)34-24(18-11-5-3-6-12-18)19-13-7-4-8-14-19;1-15(2)7-9-10(11(16)8-5-3-4-6-17-8)13(19)18(9)12(15)14(20)21;/h3-16,21,24-25H,17H2,1-2H3;3-6,9,12H,7H2,1-2H3,(H,20,21);/q;;+1/p-1/b23-22-;11-10-;/t21?,25-;9?,12-;/m00./s1. The number of esters is 1. The molecule has 2 amide bonds. The number of carboxylic acids is 1. The van der Waals surface area contributed by atoms with Crippen LogP contribution in [0.15, 0.2) is 121 Å². The van der Waals surface area contributed by atoms with Crippen molar-refractivity contribution in [3.8, 4) is 0 Å². The van der Waals surface area contributed by atoms with E-state index in [9.17, 15) is 24.3 Å². The van der Waals surface area contributed by atoms with Gasteiger partial charge in [0.25, 0.3) is 11.8 Å². The molecule has 6 heterocycles. The average molecular weight is 985 g/mol. The summed E-state index contributed by atoms with van der Waals surface area (Å²) in [5, 5.41) is 11.4. The normalized spacial score (nSPS) is 24.3. The number of halogens is 2. The summed E-state index contributed by atoms with van der Waals surface area (Å²) in [6, 6.07) is 28.9. The minimum atomic E-state index is -1.18. The predicted molar refractivity (Wildman–Crippen MR) is 222 cm³/mol. The number of carbonyl (C=O) groups excluding carboxylic acids is 4. The van der Waals surface area contributed by atoms with E-state index in [-0.39, 0.29) is 59.4 Å². The first kappa shape index (κ1) is 42.2. The first-order chi connectivity index (χ1) is 26.2. The van der Waals surface area contributed by atoms with Gasteiger partial charge in [0.1, 0.15) is 6.04 Å². The topological polar surface area (TPSA) is 133 Å². The van der Waals surface area contributed by atoms with Crippen LogP contribution in [0.25, 0.3) is 7.16 Å². The number of amides is 2. The van der Waals surface area contributed by atoms with E-state index in [0.717, 1.165) is 35.2 Å². The Morgan fingerprint density at radius 2 is 1.07 bits per heavy atom. The molecular weight excluding hydrogens is 945 g/mol. The zero-order valence-electron chi connectivity index (χ0n) is 31.7. The molecule has 10 nitrogen and oxygen atoms in total. The van der Waals surface area contributed by atoms with Crippen LogP contribution in [0.5, 0.6) is 0 Å². The van der Waals surface area contributed by atoms with E-state index in [1.165, 1.54) is 4.90 Å². The maximum absolute atomic E-state index is 13.7. The Bertz CT molecular complexity index is 2160. The number of benzene rings is 2. The van der Waals surface area contributed by atoms with Crippen LogP contribution in [0.1, 0.15) is 69.2 Å². The Balaban J connectivity index is 0.000000208. The van der Waals surface area contributed by atoms with Gasteiger partial charge < -0.3 is 24.4 Å². The summed E-state index contributed by atoms with van der Waals surface area (Å²) >= 11 is 4.32. The van der Waals surface area contributed by atoms with E-state index in [0.29, 0.717) is 18.4 Å². The number of rotatable bonds is 7. The third-order valence-electron chi connectivity index (χ3n) is 10.9. The zero-order valence-corrected chi connectivity index (χ0v) is 38.0. The van der Waals surface area contributed by atoms with Crippen LogP contribution >= 0.6 is 45.2 Å². The molecule has 0 saturated carbocycles. The number of aliphatic carboxylic acids is 1. The van der Waals surface area contributed by atoms with Gasteiger partial charge in [0.15, 0.2) is 6.10 Å². The molecule has 2 aromatic carbocycles. The molecule has 282 valence electrons. The Kier molecular flexibility index (Phi) is 12.7. The van der Waals surface area contributed by atoms with Crippen molar-refractivity contribution in [2.45, 2.75) is 70.8 Å². The molecule has 2 aromatic heterocycles. The van der Waals surface area contributed by atoms with Gasteiger partial charge in [0.2, 0.25) is 0 Å². The van der Waals surface area contributed by atoms with Gasteiger partial charge in [-0.2, -0.15) is 0 Å². The molecule has 0 aliphatic carbocycles. The molecule has 0 spiro atoms. The molecule has 8 rings (SSSR count). The van der Waals surface area contributed by atoms with Crippen molar-refractivity contribution in [2.24, 2.45) is 10.8 Å². The van der Waals surface area contributed by atoms with Crippen LogP contribution in [-0.2, 0) is 23.9 Å². The fraction of sp³-hybridized carbons (Fsp3) is 0.302. The van der Waals surface area contributed by atoms with Gasteiger partial charge in [0, 0.05) is 19.6 Å². The summed E-state index contributed by atoms with van der Waals surface area (Å²) in [5.41, 5.74) is 3.83. The van der Waals surface area contributed by atoms with Crippen molar-refractivity contribution in [3.63, 3.8) is 0 Å². The van der Waals surface area contributed by atoms with E-state index >= 15 is 0 Å². The quantitative estimate of drug-likeness (QED) is 0.0904. The third kappa shape index (κ3) is 7.75. The van der Waals surface area contributed by atoms with Gasteiger partial charge in [-0.25, -0.2) is 4.79 Å². The van der Waals surface area contributed by atoms with Crippen LogP contribution in [-0.4, -0.2) is 67.7 Å². The van der Waals surface area contributed by atoms with E-state index in [4.69, 9.17) is 4.74 Å². The largest absolute Gasteiger partial charge is 1.00 e. The molecule has 0 bridgehead atoms. The van der Waals surface area contributed by atoms with Crippen molar-refractivity contribution < 1.29 is 58.6 Å². The Hall–Kier alpha value is -3.44. The maximum Gasteiger partial charge on any atom is 1.00 e. The van der Waals surface area contributed by atoms with Crippen molar-refractivity contribution in [2.75, 3.05) is 0 Å². The number of hydrogen-bond acceptors (Lipinski definition) is 8. The van der Waals surface area contributed by atoms with Crippen molar-refractivity contribution in [3.05, 3.63) is 143 Å². The van der Waals surface area contributed by atoms with Crippen molar-refractivity contribution >= 4 is 76.1 Å². The summed E-state index contributed by atoms with van der Waals surface area (Å²) in [6.45, 7) is 7.81. The van der Waals surface area contributed by atoms with E-state index < -0.39 is 35.0 Å². The second-order valence-corrected chi connectivity index (χ2v) is 17.6. The van der Waals surface area contributed by atoms with E-state index in [2.05, 4.69) is 55.1 Å². The van der Waals surface area contributed by atoms with Crippen LogP contribution in [0.2, 0.25) is 0 Å². The van der Waals surface area contributed by atoms with E-state index in [1.54, 1.807) is 17.3 Å². The molecule has 0 N–H and O–H groups in total. The van der Waals surface area contributed by atoms with Crippen LogP contribution in [0.4, 0.5) is 0 Å². The number of hydrogen-bond donors (Lipinski definition) is 0. The molecule has 13 heteroatoms. The van der Waals surface area contributed by atoms with Gasteiger partial charge in [-0.15, -0.1) is 0 Å². The Morgan fingerprint density at radius 3 is 1.46 bits per heavy atom. The summed E-state index contributed by atoms with van der Waals surface area (Å²) in [6.07, 6.45) is 4.20. The van der Waals surface area contributed by atoms with Crippen molar-refractivity contribution in [1.29, 1.82) is 0 Å². The summed E-state index contributed by atoms with van der Waals surface area (Å²) < 4.78 is 7.81. The Morgan fingerprint density at radius 1 is 0.679 bits per heavy atom. The zero-order chi connectivity index (χ0) is 39.2. The number of carbonyl (C=O) groups is 4. The van der Waals surface area contributed by atoms with E-state index in [1.807, 2.05) is 125 Å². The minimum Gasteiger partial charge on any atom is -0.548 e. The Labute approximate surface area is 375 Å². The monoisotopic (exact) mass is 984 g/mol. The SMILES string of the molecule is CC1(C)CC2/C(=C(/I)c3ccccn3)C(=O)N2[C@H]1C(=O)OC(c1ccccc1)c1ccccc1.CC1(C)CC2/C(=C(/I)c3ccccn3)C(=O)N2[C@H]1C(=O)[O-].[Na+]. The third-order valence-corrected chi connectivity index (χ3v) is 13.1. The predicted octanol–water partition coefficient (Wildman–Crippen LogP) is 3.56. The summed E-state index contributed by atoms with van der Waals surface area (Å²) in [4.78, 5) is 62.6. The van der Waals surface area contributed by atoms with Crippen molar-refractivity contribution in [1.82, 2.24) is 19.8 Å². The van der Waals surface area contributed by atoms with Crippen LogP contribution in [0.3, 0.4) is 0 Å². The second kappa shape index (κ2) is 16.8. The minimum absolute atomic E-state index is 0. The fourth-order valence-corrected chi connectivity index (χ4v) is 10.2. The number of carboxylic acid groups (broad SMARTS) is 1. The molecule has 56 heavy (non-hydrogen) atoms. The molecule has 4 aromatic rings. The first-order valence-electron chi connectivity index (χ1n) is 18.0. The number of ether oxygens (including phenoxy) is 1. The molecule has 4 aliphatic heterocycles. The van der Waals surface area contributed by atoms with Gasteiger partial charge in [-0.1, -0.05) is 100 Å². The summed E-state index contributed by atoms with van der Waals surface area (Å²) in [5.74, 6) is -1.87. The number of β-lactam (4-membered cyclic amide) rings is 2. The van der Waals surface area contributed by atoms with Gasteiger partial charge >= 0.3 is 35.5 Å². The van der Waals surface area contributed by atoms with Crippen LogP contribution < -0.4 is 34.7 Å². The molecule has 0 radical (unpaired) electrons. The van der Waals surface area contributed by atoms with Crippen LogP contribution in [0, 0.1) is 10.8 Å². The number of aromatic nitrogens is 2. The molecule has 4 saturated heterocycles. The fourth-order valence-electron chi connectivity index (χ4n) is 8.33. The number of fused-ring (bicyclic) bond motifs is 2. The number of pyridine rings is 2. The molecule has 2 unspecified atom stereocenters. The first-order valence-corrected chi connectivity index (χ1v) is 20.2. The van der Waals surface area contributed by atoms with Gasteiger partial charge in [-0.05, 0) is 104 Å². The summed E-state index contributed by atoms with van der Waals surface area (Å²) in [7, 11) is 0. The maximum atomic E-state index is 13.7. The molecule has 4 fully saturated rings. The molecule has 4 aliphatic rings.